The fourth-order valence-electron chi connectivity index (χ4n) is 4.02. The molecular formula is C21H29N5O. The first-order valence-electron chi connectivity index (χ1n) is 10.0. The highest BCUT2D eigenvalue weighted by Gasteiger charge is 2.32. The van der Waals surface area contributed by atoms with Crippen LogP contribution in [0, 0.1) is 0 Å². The average molecular weight is 367 g/mol. The van der Waals surface area contributed by atoms with E-state index >= 15 is 0 Å². The maximum atomic E-state index is 6.33. The third-order valence-electron chi connectivity index (χ3n) is 5.48. The van der Waals surface area contributed by atoms with Gasteiger partial charge in [-0.2, -0.15) is 5.10 Å². The Kier molecular flexibility index (Phi) is 5.27. The molecule has 0 aromatic carbocycles. The summed E-state index contributed by atoms with van der Waals surface area (Å²) in [7, 11) is 0. The van der Waals surface area contributed by atoms with Crippen LogP contribution in [-0.2, 0) is 11.2 Å². The van der Waals surface area contributed by atoms with Gasteiger partial charge in [0.15, 0.2) is 5.65 Å². The summed E-state index contributed by atoms with van der Waals surface area (Å²) in [4.78, 5) is 6.95. The van der Waals surface area contributed by atoms with Crippen molar-refractivity contribution in [1.29, 1.82) is 0 Å². The zero-order valence-corrected chi connectivity index (χ0v) is 16.1. The van der Waals surface area contributed by atoms with E-state index in [1.165, 1.54) is 31.5 Å². The fourth-order valence-corrected chi connectivity index (χ4v) is 4.02. The normalized spacial score (nSPS) is 23.2. The minimum atomic E-state index is -0.188. The standard InChI is InChI=1S/C21H29N5O/c1-2-13-27-21(16-25-11-3-4-12-25)8-5-17(6-9-21)14-18-15-23-20-19(22)7-10-24-26(18)20/h5-8,10,15H,2-4,9,11-14,16,22H2,1H3. The number of nitrogens with two attached hydrogens (primary N) is 1. The maximum absolute atomic E-state index is 6.33. The summed E-state index contributed by atoms with van der Waals surface area (Å²) in [6.45, 7) is 6.34. The van der Waals surface area contributed by atoms with Crippen molar-refractivity contribution in [3.63, 3.8) is 0 Å². The molecule has 27 heavy (non-hydrogen) atoms. The van der Waals surface area contributed by atoms with Crippen LogP contribution in [0.25, 0.3) is 5.65 Å². The Balaban J connectivity index is 1.48. The molecule has 2 aliphatic rings. The van der Waals surface area contributed by atoms with Gasteiger partial charge in [-0.3, -0.25) is 0 Å². The minimum absolute atomic E-state index is 0.188. The van der Waals surface area contributed by atoms with Gasteiger partial charge in [0.25, 0.3) is 0 Å². The second-order valence-electron chi connectivity index (χ2n) is 7.66. The number of allylic oxidation sites excluding steroid dienone is 2. The number of aromatic nitrogens is 3. The molecule has 1 unspecified atom stereocenters. The number of hydrogen-bond acceptors (Lipinski definition) is 5. The largest absolute Gasteiger partial charge is 0.396 e. The van der Waals surface area contributed by atoms with Crippen molar-refractivity contribution >= 4 is 11.3 Å². The van der Waals surface area contributed by atoms with Crippen molar-refractivity contribution in [3.8, 4) is 0 Å². The Morgan fingerprint density at radius 1 is 1.30 bits per heavy atom. The third kappa shape index (κ3) is 3.92. The molecule has 1 saturated heterocycles. The van der Waals surface area contributed by atoms with Gasteiger partial charge in [0.05, 0.1) is 23.8 Å². The van der Waals surface area contributed by atoms with Crippen molar-refractivity contribution in [2.24, 2.45) is 0 Å². The fraction of sp³-hybridized carbons (Fsp3) is 0.524. The van der Waals surface area contributed by atoms with Crippen LogP contribution in [0.4, 0.5) is 5.69 Å². The van der Waals surface area contributed by atoms with Crippen molar-refractivity contribution in [3.05, 3.63) is 48.0 Å². The molecule has 6 heteroatoms. The predicted octanol–water partition coefficient (Wildman–Crippen LogP) is 3.00. The summed E-state index contributed by atoms with van der Waals surface area (Å²) >= 11 is 0. The summed E-state index contributed by atoms with van der Waals surface area (Å²) < 4.78 is 8.17. The number of nitrogen functional groups attached to an aromatic ring is 1. The molecule has 4 rings (SSSR count). The van der Waals surface area contributed by atoms with Gasteiger partial charge in [0.1, 0.15) is 5.60 Å². The molecule has 2 aromatic heterocycles. The first-order chi connectivity index (χ1) is 13.2. The van der Waals surface area contributed by atoms with Crippen LogP contribution in [0.3, 0.4) is 0 Å². The van der Waals surface area contributed by atoms with Gasteiger partial charge in [-0.05, 0) is 50.4 Å². The van der Waals surface area contributed by atoms with Crippen LogP contribution in [0.5, 0.6) is 0 Å². The van der Waals surface area contributed by atoms with E-state index < -0.39 is 0 Å². The molecule has 2 aromatic rings. The molecule has 3 heterocycles. The highest BCUT2D eigenvalue weighted by molar-refractivity contribution is 5.63. The molecule has 2 N–H and O–H groups in total. The third-order valence-corrected chi connectivity index (χ3v) is 5.48. The molecule has 0 radical (unpaired) electrons. The highest BCUT2D eigenvalue weighted by atomic mass is 16.5. The van der Waals surface area contributed by atoms with E-state index in [2.05, 4.69) is 40.1 Å². The summed E-state index contributed by atoms with van der Waals surface area (Å²) in [6, 6.07) is 1.78. The number of rotatable bonds is 7. The topological polar surface area (TPSA) is 68.7 Å². The smallest absolute Gasteiger partial charge is 0.177 e. The van der Waals surface area contributed by atoms with Gasteiger partial charge in [-0.15, -0.1) is 0 Å². The molecule has 1 fully saturated rings. The maximum Gasteiger partial charge on any atom is 0.177 e. The van der Waals surface area contributed by atoms with Crippen LogP contribution in [0.15, 0.2) is 42.3 Å². The Bertz CT molecular complexity index is 849. The second-order valence-corrected chi connectivity index (χ2v) is 7.66. The Morgan fingerprint density at radius 2 is 2.15 bits per heavy atom. The average Bonchev–Trinajstić information content (AvgIpc) is 3.33. The molecule has 0 saturated carbocycles. The lowest BCUT2D eigenvalue weighted by molar-refractivity contribution is -0.0269. The SMILES string of the molecule is CCCOC1(CN2CCCC2)C=CC(Cc2cnc3c(N)ccnn23)=CC1. The lowest BCUT2D eigenvalue weighted by Gasteiger charge is -2.36. The number of hydrogen-bond donors (Lipinski definition) is 1. The number of anilines is 1. The van der Waals surface area contributed by atoms with Crippen molar-refractivity contribution in [1.82, 2.24) is 19.5 Å². The molecule has 1 atom stereocenters. The van der Waals surface area contributed by atoms with E-state index in [0.29, 0.717) is 5.69 Å². The summed E-state index contributed by atoms with van der Waals surface area (Å²) in [5.41, 5.74) is 9.51. The summed E-state index contributed by atoms with van der Waals surface area (Å²) in [5.74, 6) is 0. The van der Waals surface area contributed by atoms with Gasteiger partial charge in [-0.25, -0.2) is 9.50 Å². The molecule has 1 aliphatic carbocycles. The van der Waals surface area contributed by atoms with Gasteiger partial charge < -0.3 is 15.4 Å². The lowest BCUT2D eigenvalue weighted by atomic mass is 9.89. The van der Waals surface area contributed by atoms with Gasteiger partial charge in [0, 0.05) is 19.6 Å². The van der Waals surface area contributed by atoms with E-state index in [-0.39, 0.29) is 5.60 Å². The Morgan fingerprint density at radius 3 is 2.89 bits per heavy atom. The molecule has 1 aliphatic heterocycles. The Labute approximate surface area is 160 Å². The number of imidazole rings is 1. The second kappa shape index (κ2) is 7.82. The minimum Gasteiger partial charge on any atom is -0.396 e. The predicted molar refractivity (Wildman–Crippen MR) is 108 cm³/mol. The van der Waals surface area contributed by atoms with Crippen LogP contribution in [0.1, 0.15) is 38.3 Å². The van der Waals surface area contributed by atoms with Crippen LogP contribution in [-0.4, -0.2) is 51.3 Å². The molecule has 0 spiro atoms. The first-order valence-corrected chi connectivity index (χ1v) is 10.0. The summed E-state index contributed by atoms with van der Waals surface area (Å²) in [6.07, 6.45) is 15.8. The van der Waals surface area contributed by atoms with Crippen LogP contribution >= 0.6 is 0 Å². The number of fused-ring (bicyclic) bond motifs is 1. The number of nitrogens with zero attached hydrogens (tertiary/aromatic N) is 4. The van der Waals surface area contributed by atoms with Crippen molar-refractivity contribution in [2.45, 2.75) is 44.6 Å². The molecular weight excluding hydrogens is 338 g/mol. The van der Waals surface area contributed by atoms with E-state index in [1.807, 2.05) is 10.7 Å². The molecule has 144 valence electrons. The number of ether oxygens (including phenoxy) is 1. The quantitative estimate of drug-likeness (QED) is 0.815. The summed E-state index contributed by atoms with van der Waals surface area (Å²) in [5, 5.41) is 4.40. The monoisotopic (exact) mass is 367 g/mol. The molecule has 0 bridgehead atoms. The van der Waals surface area contributed by atoms with Crippen molar-refractivity contribution < 1.29 is 4.74 Å². The van der Waals surface area contributed by atoms with E-state index in [1.54, 1.807) is 12.3 Å². The number of likely N-dealkylation sites (tertiary alicyclic amines) is 1. The lowest BCUT2D eigenvalue weighted by Crippen LogP contribution is -2.43. The van der Waals surface area contributed by atoms with E-state index in [4.69, 9.17) is 10.5 Å². The van der Waals surface area contributed by atoms with E-state index in [9.17, 15) is 0 Å². The first kappa shape index (κ1) is 18.2. The van der Waals surface area contributed by atoms with Crippen LogP contribution in [0.2, 0.25) is 0 Å². The Hall–Kier alpha value is -2.18. The molecule has 0 amide bonds. The van der Waals surface area contributed by atoms with Gasteiger partial charge >= 0.3 is 0 Å². The van der Waals surface area contributed by atoms with Gasteiger partial charge in [0.2, 0.25) is 0 Å². The van der Waals surface area contributed by atoms with E-state index in [0.717, 1.165) is 43.8 Å². The zero-order chi connectivity index (χ0) is 18.7. The van der Waals surface area contributed by atoms with Crippen LogP contribution < -0.4 is 5.73 Å². The zero-order valence-electron chi connectivity index (χ0n) is 16.1. The highest BCUT2D eigenvalue weighted by Crippen LogP contribution is 2.29. The van der Waals surface area contributed by atoms with Crippen molar-refractivity contribution in [2.75, 3.05) is 32.0 Å². The molecule has 6 nitrogen and oxygen atoms in total. The van der Waals surface area contributed by atoms with Gasteiger partial charge in [-0.1, -0.05) is 25.2 Å².